The van der Waals surface area contributed by atoms with E-state index < -0.39 is 22.7 Å². The zero-order chi connectivity index (χ0) is 11.6. The Morgan fingerprint density at radius 1 is 1.40 bits per heavy atom. The summed E-state index contributed by atoms with van der Waals surface area (Å²) in [6, 6.07) is 2.21. The third-order valence-corrected chi connectivity index (χ3v) is 3.31. The molecule has 0 fully saturated rings. The Morgan fingerprint density at radius 3 is 2.33 bits per heavy atom. The Bertz CT molecular complexity index is 361. The van der Waals surface area contributed by atoms with E-state index in [-0.39, 0.29) is 5.25 Å². The SMILES string of the molecule is C[C@H](c1ccc(C(F)(F)F)nc1)[S@](C)=O. The molecule has 0 N–H and O–H groups in total. The van der Waals surface area contributed by atoms with Gasteiger partial charge in [-0.15, -0.1) is 0 Å². The van der Waals surface area contributed by atoms with Crippen molar-refractivity contribution in [3.05, 3.63) is 29.6 Å². The van der Waals surface area contributed by atoms with Crippen LogP contribution in [0.15, 0.2) is 18.3 Å². The van der Waals surface area contributed by atoms with E-state index in [9.17, 15) is 17.4 Å². The molecule has 0 aromatic carbocycles. The molecule has 0 aliphatic rings. The van der Waals surface area contributed by atoms with Gasteiger partial charge < -0.3 is 0 Å². The molecular weight excluding hydrogens is 227 g/mol. The van der Waals surface area contributed by atoms with Crippen molar-refractivity contribution in [2.75, 3.05) is 6.26 Å². The molecule has 2 atom stereocenters. The van der Waals surface area contributed by atoms with Crippen molar-refractivity contribution in [3.63, 3.8) is 0 Å². The number of halogens is 3. The van der Waals surface area contributed by atoms with Crippen LogP contribution >= 0.6 is 0 Å². The lowest BCUT2D eigenvalue weighted by molar-refractivity contribution is -0.141. The summed E-state index contributed by atoms with van der Waals surface area (Å²) >= 11 is 0. The van der Waals surface area contributed by atoms with Gasteiger partial charge in [0.05, 0.1) is 5.25 Å². The molecule has 6 heteroatoms. The maximum Gasteiger partial charge on any atom is 0.433 e. The molecule has 0 saturated heterocycles. The predicted molar refractivity (Wildman–Crippen MR) is 51.7 cm³/mol. The molecule has 1 heterocycles. The maximum absolute atomic E-state index is 12.2. The monoisotopic (exact) mass is 237 g/mol. The second-order valence-corrected chi connectivity index (χ2v) is 4.82. The Labute approximate surface area is 88.0 Å². The third-order valence-electron chi connectivity index (χ3n) is 2.04. The molecule has 84 valence electrons. The summed E-state index contributed by atoms with van der Waals surface area (Å²) < 4.78 is 47.6. The molecule has 1 rings (SSSR count). The van der Waals surface area contributed by atoms with E-state index >= 15 is 0 Å². The highest BCUT2D eigenvalue weighted by atomic mass is 32.2. The first-order valence-electron chi connectivity index (χ1n) is 4.17. The lowest BCUT2D eigenvalue weighted by Gasteiger charge is -2.10. The minimum Gasteiger partial charge on any atom is -0.259 e. The summed E-state index contributed by atoms with van der Waals surface area (Å²) in [5.41, 5.74) is -0.385. The van der Waals surface area contributed by atoms with Crippen molar-refractivity contribution in [2.45, 2.75) is 18.3 Å². The summed E-state index contributed by atoms with van der Waals surface area (Å²) in [4.78, 5) is 3.29. The number of rotatable bonds is 2. The largest absolute Gasteiger partial charge is 0.433 e. The predicted octanol–water partition coefficient (Wildman–Crippen LogP) is 2.54. The highest BCUT2D eigenvalue weighted by Gasteiger charge is 2.32. The first-order valence-corrected chi connectivity index (χ1v) is 5.80. The van der Waals surface area contributed by atoms with Crippen LogP contribution in [-0.4, -0.2) is 15.4 Å². The van der Waals surface area contributed by atoms with Crippen LogP contribution in [0.3, 0.4) is 0 Å². The van der Waals surface area contributed by atoms with Crippen LogP contribution in [0.25, 0.3) is 0 Å². The van der Waals surface area contributed by atoms with E-state index in [0.29, 0.717) is 5.56 Å². The number of nitrogens with zero attached hydrogens (tertiary/aromatic N) is 1. The fraction of sp³-hybridized carbons (Fsp3) is 0.444. The van der Waals surface area contributed by atoms with E-state index in [1.165, 1.54) is 12.3 Å². The molecular formula is C9H10F3NOS. The lowest BCUT2D eigenvalue weighted by atomic mass is 10.2. The van der Waals surface area contributed by atoms with Gasteiger partial charge in [-0.1, -0.05) is 6.07 Å². The van der Waals surface area contributed by atoms with Gasteiger partial charge in [0.2, 0.25) is 0 Å². The highest BCUT2D eigenvalue weighted by Crippen LogP contribution is 2.28. The summed E-state index contributed by atoms with van der Waals surface area (Å²) in [6.07, 6.45) is -1.80. The van der Waals surface area contributed by atoms with Crippen LogP contribution < -0.4 is 0 Å². The number of pyridine rings is 1. The van der Waals surface area contributed by atoms with Gasteiger partial charge in [-0.3, -0.25) is 9.19 Å². The second-order valence-electron chi connectivity index (χ2n) is 3.12. The second kappa shape index (κ2) is 4.30. The fourth-order valence-electron chi connectivity index (χ4n) is 1.01. The van der Waals surface area contributed by atoms with Gasteiger partial charge in [-0.2, -0.15) is 13.2 Å². The Kier molecular flexibility index (Phi) is 3.49. The first-order chi connectivity index (χ1) is 6.82. The third kappa shape index (κ3) is 3.02. The molecule has 2 nitrogen and oxygen atoms in total. The minimum absolute atomic E-state index is 0.306. The average Bonchev–Trinajstić information content (AvgIpc) is 2.15. The van der Waals surface area contributed by atoms with Crippen molar-refractivity contribution in [1.82, 2.24) is 4.98 Å². The fourth-order valence-corrected chi connectivity index (χ4v) is 1.53. The molecule has 1 aromatic rings. The average molecular weight is 237 g/mol. The van der Waals surface area contributed by atoms with Gasteiger partial charge >= 0.3 is 6.18 Å². The first kappa shape index (κ1) is 12.2. The standard InChI is InChI=1S/C9H10F3NOS/c1-6(15(2)14)7-3-4-8(13-5-7)9(10,11)12/h3-6H,1-2H3/t6-,15+/m1/s1. The molecule has 1 aromatic heterocycles. The van der Waals surface area contributed by atoms with Crippen molar-refractivity contribution in [3.8, 4) is 0 Å². The van der Waals surface area contributed by atoms with Gasteiger partial charge in [0.25, 0.3) is 0 Å². The van der Waals surface area contributed by atoms with Crippen LogP contribution in [-0.2, 0) is 17.0 Å². The van der Waals surface area contributed by atoms with Gasteiger partial charge in [0.1, 0.15) is 5.69 Å². The van der Waals surface area contributed by atoms with Crippen molar-refractivity contribution in [1.29, 1.82) is 0 Å². The zero-order valence-corrected chi connectivity index (χ0v) is 9.02. The Balaban J connectivity index is 2.95. The van der Waals surface area contributed by atoms with Gasteiger partial charge in [-0.25, -0.2) is 0 Å². The van der Waals surface area contributed by atoms with E-state index in [1.54, 1.807) is 6.92 Å². The van der Waals surface area contributed by atoms with Gasteiger partial charge in [-0.05, 0) is 18.6 Å². The molecule has 0 aliphatic carbocycles. The van der Waals surface area contributed by atoms with E-state index in [0.717, 1.165) is 12.3 Å². The number of alkyl halides is 3. The van der Waals surface area contributed by atoms with Crippen LogP contribution in [0.5, 0.6) is 0 Å². The summed E-state index contributed by atoms with van der Waals surface area (Å²) in [5.74, 6) is 0. The summed E-state index contributed by atoms with van der Waals surface area (Å²) in [6.45, 7) is 1.68. The molecule has 0 unspecified atom stereocenters. The van der Waals surface area contributed by atoms with Crippen LogP contribution in [0, 0.1) is 0 Å². The molecule has 0 radical (unpaired) electrons. The smallest absolute Gasteiger partial charge is 0.259 e. The lowest BCUT2D eigenvalue weighted by Crippen LogP contribution is -2.09. The molecule has 0 bridgehead atoms. The van der Waals surface area contributed by atoms with Crippen LogP contribution in [0.4, 0.5) is 13.2 Å². The highest BCUT2D eigenvalue weighted by molar-refractivity contribution is 7.84. The van der Waals surface area contributed by atoms with E-state index in [1.807, 2.05) is 0 Å². The zero-order valence-electron chi connectivity index (χ0n) is 8.21. The van der Waals surface area contributed by atoms with Gasteiger partial charge in [0, 0.05) is 23.3 Å². The summed E-state index contributed by atoms with van der Waals surface area (Å²) in [5, 5.41) is -0.306. The molecule has 0 spiro atoms. The van der Waals surface area contributed by atoms with E-state index in [2.05, 4.69) is 4.98 Å². The summed E-state index contributed by atoms with van der Waals surface area (Å²) in [7, 11) is -1.11. The Morgan fingerprint density at radius 2 is 2.00 bits per heavy atom. The molecule has 0 aliphatic heterocycles. The maximum atomic E-state index is 12.2. The molecule has 0 saturated carbocycles. The van der Waals surface area contributed by atoms with Crippen molar-refractivity contribution in [2.24, 2.45) is 0 Å². The number of hydrogen-bond donors (Lipinski definition) is 0. The minimum atomic E-state index is -4.42. The molecule has 15 heavy (non-hydrogen) atoms. The van der Waals surface area contributed by atoms with E-state index in [4.69, 9.17) is 0 Å². The van der Waals surface area contributed by atoms with Crippen LogP contribution in [0.1, 0.15) is 23.4 Å². The quantitative estimate of drug-likeness (QED) is 0.791. The molecule has 0 amide bonds. The van der Waals surface area contributed by atoms with Crippen molar-refractivity contribution < 1.29 is 17.4 Å². The number of aromatic nitrogens is 1. The normalized spacial score (nSPS) is 16.1. The van der Waals surface area contributed by atoms with Crippen molar-refractivity contribution >= 4 is 10.8 Å². The van der Waals surface area contributed by atoms with Gasteiger partial charge in [0.15, 0.2) is 0 Å². The topological polar surface area (TPSA) is 30.0 Å². The Hall–Kier alpha value is -0.910. The number of hydrogen-bond acceptors (Lipinski definition) is 2. The van der Waals surface area contributed by atoms with Crippen LogP contribution in [0.2, 0.25) is 0 Å².